The van der Waals surface area contributed by atoms with Gasteiger partial charge in [0.25, 0.3) is 0 Å². The predicted octanol–water partition coefficient (Wildman–Crippen LogP) is 1.17. The van der Waals surface area contributed by atoms with Crippen LogP contribution in [0.25, 0.3) is 0 Å². The van der Waals surface area contributed by atoms with Crippen molar-refractivity contribution in [2.75, 3.05) is 6.54 Å². The normalized spacial score (nSPS) is 12.1. The van der Waals surface area contributed by atoms with Gasteiger partial charge < -0.3 is 15.6 Å². The van der Waals surface area contributed by atoms with Crippen LogP contribution in [0.4, 0.5) is 0 Å². The Labute approximate surface area is 118 Å². The first kappa shape index (κ1) is 14.3. The molecule has 0 bridgehead atoms. The number of imidazole rings is 1. The molecule has 0 radical (unpaired) electrons. The summed E-state index contributed by atoms with van der Waals surface area (Å²) in [7, 11) is 1.94. The molecule has 5 heteroatoms. The van der Waals surface area contributed by atoms with Crippen LogP contribution in [-0.2, 0) is 18.3 Å². The van der Waals surface area contributed by atoms with Gasteiger partial charge in [0.05, 0.1) is 0 Å². The maximum absolute atomic E-state index is 11.8. The predicted molar refractivity (Wildman–Crippen MR) is 77.9 cm³/mol. The fraction of sp³-hybridized carbons (Fsp3) is 0.333. The van der Waals surface area contributed by atoms with Gasteiger partial charge in [-0.25, -0.2) is 4.98 Å². The summed E-state index contributed by atoms with van der Waals surface area (Å²) in [6.07, 6.45) is 4.66. The van der Waals surface area contributed by atoms with Crippen LogP contribution < -0.4 is 11.1 Å². The number of nitrogens with zero attached hydrogens (tertiary/aromatic N) is 2. The molecule has 0 aliphatic carbocycles. The Morgan fingerprint density at radius 3 is 2.80 bits per heavy atom. The van der Waals surface area contributed by atoms with Gasteiger partial charge >= 0.3 is 0 Å². The Kier molecular flexibility index (Phi) is 4.90. The summed E-state index contributed by atoms with van der Waals surface area (Å²) in [5.74, 6) is 0.924. The maximum atomic E-state index is 11.8. The molecule has 3 N–H and O–H groups in total. The average molecular weight is 272 g/mol. The molecular formula is C15H20N4O. The third-order valence-corrected chi connectivity index (χ3v) is 3.22. The van der Waals surface area contributed by atoms with Gasteiger partial charge in [0, 0.05) is 44.9 Å². The van der Waals surface area contributed by atoms with Gasteiger partial charge in [0.1, 0.15) is 5.82 Å². The molecule has 0 fully saturated rings. The lowest BCUT2D eigenvalue weighted by atomic mass is 10.0. The number of nitrogens with one attached hydrogen (secondary N) is 1. The molecule has 1 aromatic carbocycles. The van der Waals surface area contributed by atoms with Gasteiger partial charge in [0.2, 0.25) is 5.91 Å². The highest BCUT2D eigenvalue weighted by atomic mass is 16.1. The molecule has 1 unspecified atom stereocenters. The van der Waals surface area contributed by atoms with Crippen LogP contribution in [0.1, 0.15) is 23.9 Å². The second kappa shape index (κ2) is 6.86. The van der Waals surface area contributed by atoms with Crippen molar-refractivity contribution >= 4 is 5.91 Å². The van der Waals surface area contributed by atoms with Crippen molar-refractivity contribution in [2.24, 2.45) is 12.8 Å². The van der Waals surface area contributed by atoms with Crippen LogP contribution in [-0.4, -0.2) is 22.0 Å². The summed E-state index contributed by atoms with van der Waals surface area (Å²) in [6, 6.07) is 9.40. The molecular weight excluding hydrogens is 252 g/mol. The van der Waals surface area contributed by atoms with Crippen LogP contribution >= 0.6 is 0 Å². The zero-order valence-corrected chi connectivity index (χ0v) is 11.6. The van der Waals surface area contributed by atoms with E-state index >= 15 is 0 Å². The van der Waals surface area contributed by atoms with Gasteiger partial charge in [-0.1, -0.05) is 30.3 Å². The van der Waals surface area contributed by atoms with Gasteiger partial charge in [-0.3, -0.25) is 4.79 Å². The second-order valence-electron chi connectivity index (χ2n) is 4.78. The van der Waals surface area contributed by atoms with Crippen molar-refractivity contribution in [3.8, 4) is 0 Å². The van der Waals surface area contributed by atoms with Crippen molar-refractivity contribution in [1.29, 1.82) is 0 Å². The molecule has 1 aromatic heterocycles. The first-order valence-electron chi connectivity index (χ1n) is 6.70. The van der Waals surface area contributed by atoms with E-state index in [4.69, 9.17) is 5.73 Å². The van der Waals surface area contributed by atoms with Gasteiger partial charge in [-0.2, -0.15) is 0 Å². The second-order valence-corrected chi connectivity index (χ2v) is 4.78. The van der Waals surface area contributed by atoms with Gasteiger partial charge in [-0.15, -0.1) is 0 Å². The number of aryl methyl sites for hydroxylation is 1. The fourth-order valence-corrected chi connectivity index (χ4v) is 2.04. The number of hydrogen-bond donors (Lipinski definition) is 2. The molecule has 0 saturated carbocycles. The van der Waals surface area contributed by atoms with Crippen LogP contribution in [0.5, 0.6) is 0 Å². The lowest BCUT2D eigenvalue weighted by Crippen LogP contribution is -2.29. The van der Waals surface area contributed by atoms with E-state index in [0.717, 1.165) is 17.8 Å². The molecule has 2 rings (SSSR count). The summed E-state index contributed by atoms with van der Waals surface area (Å²) >= 11 is 0. The Balaban J connectivity index is 1.74. The van der Waals surface area contributed by atoms with E-state index in [0.29, 0.717) is 13.0 Å². The number of carbonyl (C=O) groups excluding carboxylic acids is 1. The molecule has 20 heavy (non-hydrogen) atoms. The highest BCUT2D eigenvalue weighted by Crippen LogP contribution is 2.12. The zero-order valence-electron chi connectivity index (χ0n) is 11.6. The number of rotatable bonds is 6. The number of aromatic nitrogens is 2. The molecule has 2 aromatic rings. The minimum Gasteiger partial charge on any atom is -0.356 e. The fourth-order valence-electron chi connectivity index (χ4n) is 2.04. The van der Waals surface area contributed by atoms with Crippen LogP contribution in [0.3, 0.4) is 0 Å². The van der Waals surface area contributed by atoms with E-state index in [-0.39, 0.29) is 11.9 Å². The largest absolute Gasteiger partial charge is 0.356 e. The van der Waals surface area contributed by atoms with Crippen molar-refractivity contribution < 1.29 is 4.79 Å². The summed E-state index contributed by atoms with van der Waals surface area (Å²) in [5.41, 5.74) is 6.99. The monoisotopic (exact) mass is 272 g/mol. The quantitative estimate of drug-likeness (QED) is 0.829. The summed E-state index contributed by atoms with van der Waals surface area (Å²) in [4.78, 5) is 16.0. The van der Waals surface area contributed by atoms with E-state index in [1.807, 2.05) is 48.1 Å². The summed E-state index contributed by atoms with van der Waals surface area (Å²) < 4.78 is 1.95. The Morgan fingerprint density at radius 1 is 1.40 bits per heavy atom. The van der Waals surface area contributed by atoms with Crippen molar-refractivity contribution in [2.45, 2.75) is 18.9 Å². The molecule has 0 saturated heterocycles. The van der Waals surface area contributed by atoms with Crippen LogP contribution in [0.2, 0.25) is 0 Å². The molecule has 1 heterocycles. The third kappa shape index (κ3) is 3.93. The van der Waals surface area contributed by atoms with Gasteiger partial charge in [-0.05, 0) is 5.56 Å². The molecule has 106 valence electrons. The topological polar surface area (TPSA) is 72.9 Å². The molecule has 5 nitrogen and oxygen atoms in total. The van der Waals surface area contributed by atoms with Crippen molar-refractivity contribution in [3.05, 3.63) is 54.1 Å². The number of nitrogens with two attached hydrogens (primary N) is 1. The van der Waals surface area contributed by atoms with Crippen LogP contribution in [0, 0.1) is 0 Å². The van der Waals surface area contributed by atoms with Crippen molar-refractivity contribution in [3.63, 3.8) is 0 Å². The average Bonchev–Trinajstić information content (AvgIpc) is 2.85. The molecule has 0 aliphatic heterocycles. The lowest BCUT2D eigenvalue weighted by Gasteiger charge is -2.12. The smallest absolute Gasteiger partial charge is 0.221 e. The highest BCUT2D eigenvalue weighted by Gasteiger charge is 2.11. The summed E-state index contributed by atoms with van der Waals surface area (Å²) in [5, 5.41) is 2.88. The van der Waals surface area contributed by atoms with Crippen LogP contribution in [0.15, 0.2) is 42.7 Å². The Bertz CT molecular complexity index is 550. The van der Waals surface area contributed by atoms with E-state index < -0.39 is 0 Å². The SMILES string of the molecule is Cn1ccnc1CCNC(=O)CC(N)c1ccccc1. The Hall–Kier alpha value is -2.14. The minimum atomic E-state index is -0.260. The minimum absolute atomic E-state index is 0.0319. The van der Waals surface area contributed by atoms with E-state index in [2.05, 4.69) is 10.3 Å². The molecule has 1 amide bonds. The number of amides is 1. The molecule has 0 aliphatic rings. The molecule has 1 atom stereocenters. The standard InChI is InChI=1S/C15H20N4O/c1-19-10-9-17-14(19)7-8-18-15(20)11-13(16)12-5-3-2-4-6-12/h2-6,9-10,13H,7-8,11,16H2,1H3,(H,18,20). The van der Waals surface area contributed by atoms with E-state index in [1.54, 1.807) is 6.20 Å². The van der Waals surface area contributed by atoms with Crippen molar-refractivity contribution in [1.82, 2.24) is 14.9 Å². The van der Waals surface area contributed by atoms with E-state index in [1.165, 1.54) is 0 Å². The lowest BCUT2D eigenvalue weighted by molar-refractivity contribution is -0.121. The molecule has 0 spiro atoms. The van der Waals surface area contributed by atoms with Gasteiger partial charge in [0.15, 0.2) is 0 Å². The zero-order chi connectivity index (χ0) is 14.4. The summed E-state index contributed by atoms with van der Waals surface area (Å²) in [6.45, 7) is 0.575. The number of benzene rings is 1. The third-order valence-electron chi connectivity index (χ3n) is 3.22. The highest BCUT2D eigenvalue weighted by molar-refractivity contribution is 5.76. The number of hydrogen-bond acceptors (Lipinski definition) is 3. The first-order chi connectivity index (χ1) is 9.66. The maximum Gasteiger partial charge on any atom is 0.221 e. The Morgan fingerprint density at radius 2 is 2.15 bits per heavy atom. The number of carbonyl (C=O) groups is 1. The first-order valence-corrected chi connectivity index (χ1v) is 6.70. The van der Waals surface area contributed by atoms with E-state index in [9.17, 15) is 4.79 Å².